The van der Waals surface area contributed by atoms with Crippen LogP contribution in [0, 0.1) is 13.8 Å². The van der Waals surface area contributed by atoms with Crippen LogP contribution in [0.4, 0.5) is 11.4 Å². The predicted octanol–water partition coefficient (Wildman–Crippen LogP) is 5.28. The van der Waals surface area contributed by atoms with Gasteiger partial charge in [0, 0.05) is 22.4 Å². The molecule has 1 heterocycles. The standard InChI is InChI=1S/C19H18ClN3OS/c1-12-6-5-7-13(2)17(12)23-18(24)15-8-3-4-9-16(15)21-10-14-11-22-19(20)25-14/h3-9,11,21H,10H2,1-2H3,(H,23,24). The van der Waals surface area contributed by atoms with Crippen molar-refractivity contribution in [3.8, 4) is 0 Å². The number of hydrogen-bond donors (Lipinski definition) is 2. The maximum atomic E-state index is 12.8. The average Bonchev–Trinajstić information content (AvgIpc) is 3.02. The Morgan fingerprint density at radius 3 is 2.52 bits per heavy atom. The van der Waals surface area contributed by atoms with Gasteiger partial charge in [-0.15, -0.1) is 11.3 Å². The number of para-hydroxylation sites is 2. The van der Waals surface area contributed by atoms with E-state index in [0.29, 0.717) is 16.6 Å². The molecule has 6 heteroatoms. The monoisotopic (exact) mass is 371 g/mol. The van der Waals surface area contributed by atoms with Gasteiger partial charge in [-0.3, -0.25) is 4.79 Å². The molecule has 2 aromatic carbocycles. The van der Waals surface area contributed by atoms with Crippen LogP contribution < -0.4 is 10.6 Å². The molecule has 0 bridgehead atoms. The van der Waals surface area contributed by atoms with E-state index in [1.165, 1.54) is 11.3 Å². The molecular formula is C19H18ClN3OS. The third kappa shape index (κ3) is 4.18. The highest BCUT2D eigenvalue weighted by atomic mass is 35.5. The van der Waals surface area contributed by atoms with Gasteiger partial charge in [-0.25, -0.2) is 4.98 Å². The third-order valence-electron chi connectivity index (χ3n) is 3.87. The van der Waals surface area contributed by atoms with Crippen molar-refractivity contribution in [1.82, 2.24) is 4.98 Å². The van der Waals surface area contributed by atoms with Gasteiger partial charge >= 0.3 is 0 Å². The van der Waals surface area contributed by atoms with Gasteiger partial charge in [-0.05, 0) is 37.1 Å². The van der Waals surface area contributed by atoms with Crippen molar-refractivity contribution in [2.75, 3.05) is 10.6 Å². The molecule has 0 fully saturated rings. The van der Waals surface area contributed by atoms with Gasteiger partial charge in [-0.1, -0.05) is 41.9 Å². The van der Waals surface area contributed by atoms with E-state index < -0.39 is 0 Å². The molecule has 25 heavy (non-hydrogen) atoms. The van der Waals surface area contributed by atoms with Crippen LogP contribution in [-0.2, 0) is 6.54 Å². The molecule has 0 aliphatic heterocycles. The normalized spacial score (nSPS) is 10.5. The smallest absolute Gasteiger partial charge is 0.257 e. The average molecular weight is 372 g/mol. The van der Waals surface area contributed by atoms with Crippen LogP contribution in [0.15, 0.2) is 48.7 Å². The lowest BCUT2D eigenvalue weighted by Crippen LogP contribution is -2.16. The lowest BCUT2D eigenvalue weighted by Gasteiger charge is -2.14. The molecule has 128 valence electrons. The van der Waals surface area contributed by atoms with Crippen molar-refractivity contribution < 1.29 is 4.79 Å². The van der Waals surface area contributed by atoms with Crippen LogP contribution >= 0.6 is 22.9 Å². The van der Waals surface area contributed by atoms with Crippen molar-refractivity contribution >= 4 is 40.2 Å². The van der Waals surface area contributed by atoms with E-state index in [-0.39, 0.29) is 5.91 Å². The summed E-state index contributed by atoms with van der Waals surface area (Å²) < 4.78 is 0.512. The summed E-state index contributed by atoms with van der Waals surface area (Å²) in [5, 5.41) is 6.32. The van der Waals surface area contributed by atoms with Crippen molar-refractivity contribution in [2.24, 2.45) is 0 Å². The molecule has 0 saturated carbocycles. The van der Waals surface area contributed by atoms with Crippen molar-refractivity contribution in [1.29, 1.82) is 0 Å². The molecule has 0 saturated heterocycles. The van der Waals surface area contributed by atoms with E-state index in [0.717, 1.165) is 27.4 Å². The van der Waals surface area contributed by atoms with E-state index in [4.69, 9.17) is 11.6 Å². The second-order valence-electron chi connectivity index (χ2n) is 5.70. The molecule has 3 rings (SSSR count). The number of carbonyl (C=O) groups excluding carboxylic acids is 1. The van der Waals surface area contributed by atoms with Crippen molar-refractivity contribution in [2.45, 2.75) is 20.4 Å². The Hall–Kier alpha value is -2.37. The Morgan fingerprint density at radius 2 is 1.84 bits per heavy atom. The number of carbonyl (C=O) groups is 1. The molecule has 0 unspecified atom stereocenters. The van der Waals surface area contributed by atoms with Crippen LogP contribution in [0.25, 0.3) is 0 Å². The number of nitrogens with zero attached hydrogens (tertiary/aromatic N) is 1. The topological polar surface area (TPSA) is 54.0 Å². The molecule has 2 N–H and O–H groups in total. The summed E-state index contributed by atoms with van der Waals surface area (Å²) in [4.78, 5) is 17.8. The van der Waals surface area contributed by atoms with E-state index in [1.54, 1.807) is 6.20 Å². The van der Waals surface area contributed by atoms with Crippen LogP contribution in [-0.4, -0.2) is 10.9 Å². The molecule has 0 radical (unpaired) electrons. The highest BCUT2D eigenvalue weighted by Gasteiger charge is 2.13. The lowest BCUT2D eigenvalue weighted by atomic mass is 10.1. The lowest BCUT2D eigenvalue weighted by molar-refractivity contribution is 0.102. The Bertz CT molecular complexity index is 887. The molecule has 1 aromatic heterocycles. The predicted molar refractivity (Wildman–Crippen MR) is 105 cm³/mol. The van der Waals surface area contributed by atoms with Gasteiger partial charge in [0.05, 0.1) is 12.1 Å². The first-order valence-electron chi connectivity index (χ1n) is 7.85. The molecule has 1 amide bonds. The van der Waals surface area contributed by atoms with E-state index in [9.17, 15) is 4.79 Å². The van der Waals surface area contributed by atoms with Gasteiger partial charge in [0.25, 0.3) is 5.91 Å². The molecule has 0 atom stereocenters. The Kier molecular flexibility index (Phi) is 5.36. The number of benzene rings is 2. The zero-order valence-corrected chi connectivity index (χ0v) is 15.5. The minimum absolute atomic E-state index is 0.136. The number of anilines is 2. The number of rotatable bonds is 5. The van der Waals surface area contributed by atoms with Gasteiger partial charge in [0.2, 0.25) is 0 Å². The number of nitrogens with one attached hydrogen (secondary N) is 2. The first kappa shape index (κ1) is 17.5. The Labute approximate surface area is 155 Å². The van der Waals surface area contributed by atoms with Crippen LogP contribution in [0.5, 0.6) is 0 Å². The van der Waals surface area contributed by atoms with E-state index in [1.807, 2.05) is 56.3 Å². The second-order valence-corrected chi connectivity index (χ2v) is 7.40. The van der Waals surface area contributed by atoms with Crippen molar-refractivity contribution in [3.05, 3.63) is 74.7 Å². The number of halogens is 1. The fourth-order valence-corrected chi connectivity index (χ4v) is 3.49. The van der Waals surface area contributed by atoms with Crippen LogP contribution in [0.3, 0.4) is 0 Å². The van der Waals surface area contributed by atoms with Gasteiger partial charge in [-0.2, -0.15) is 0 Å². The first-order valence-corrected chi connectivity index (χ1v) is 9.04. The van der Waals surface area contributed by atoms with Crippen molar-refractivity contribution in [3.63, 3.8) is 0 Å². The maximum Gasteiger partial charge on any atom is 0.257 e. The first-order chi connectivity index (χ1) is 12.0. The number of amides is 1. The molecule has 3 aromatic rings. The number of thiazole rings is 1. The highest BCUT2D eigenvalue weighted by molar-refractivity contribution is 7.15. The summed E-state index contributed by atoms with van der Waals surface area (Å²) in [6.45, 7) is 4.54. The highest BCUT2D eigenvalue weighted by Crippen LogP contribution is 2.24. The van der Waals surface area contributed by atoms with Crippen LogP contribution in [0.2, 0.25) is 4.47 Å². The zero-order valence-electron chi connectivity index (χ0n) is 14.0. The molecule has 0 spiro atoms. The fraction of sp³-hybridized carbons (Fsp3) is 0.158. The minimum Gasteiger partial charge on any atom is -0.379 e. The van der Waals surface area contributed by atoms with Gasteiger partial charge < -0.3 is 10.6 Å². The summed E-state index contributed by atoms with van der Waals surface area (Å²) in [6.07, 6.45) is 1.74. The second kappa shape index (κ2) is 7.68. The largest absolute Gasteiger partial charge is 0.379 e. The third-order valence-corrected chi connectivity index (χ3v) is 4.98. The van der Waals surface area contributed by atoms with E-state index in [2.05, 4.69) is 15.6 Å². The molecule has 4 nitrogen and oxygen atoms in total. The minimum atomic E-state index is -0.136. The summed E-state index contributed by atoms with van der Waals surface area (Å²) >= 11 is 7.28. The number of hydrogen-bond acceptors (Lipinski definition) is 4. The summed E-state index contributed by atoms with van der Waals surface area (Å²) in [6, 6.07) is 13.4. The van der Waals surface area contributed by atoms with Gasteiger partial charge in [0.1, 0.15) is 0 Å². The van der Waals surface area contributed by atoms with Gasteiger partial charge in [0.15, 0.2) is 4.47 Å². The Morgan fingerprint density at radius 1 is 1.12 bits per heavy atom. The maximum absolute atomic E-state index is 12.8. The SMILES string of the molecule is Cc1cccc(C)c1NC(=O)c1ccccc1NCc1cnc(Cl)s1. The van der Waals surface area contributed by atoms with Crippen LogP contribution in [0.1, 0.15) is 26.4 Å². The zero-order chi connectivity index (χ0) is 17.8. The Balaban J connectivity index is 1.79. The quantitative estimate of drug-likeness (QED) is 0.641. The summed E-state index contributed by atoms with van der Waals surface area (Å²) in [7, 11) is 0. The molecule has 0 aliphatic rings. The van der Waals surface area contributed by atoms with E-state index >= 15 is 0 Å². The number of aromatic nitrogens is 1. The number of aryl methyl sites for hydroxylation is 2. The summed E-state index contributed by atoms with van der Waals surface area (Å²) in [5.41, 5.74) is 4.31. The fourth-order valence-electron chi connectivity index (χ4n) is 2.58. The summed E-state index contributed by atoms with van der Waals surface area (Å²) in [5.74, 6) is -0.136. The molecular weight excluding hydrogens is 354 g/mol. The molecule has 0 aliphatic carbocycles.